The number of hydrogen-bond donors (Lipinski definition) is 1. The fourth-order valence-electron chi connectivity index (χ4n) is 2.78. The molecule has 1 N–H and O–H groups in total. The average Bonchev–Trinajstić information content (AvgIpc) is 2.80. The van der Waals surface area contributed by atoms with Crippen LogP contribution in [0.25, 0.3) is 0 Å². The number of carbonyl (C=O) groups excluding carboxylic acids is 1. The quantitative estimate of drug-likeness (QED) is 0.866. The SMILES string of the molecule is Cc1cccc(CCC2=CCN3C(=C2)SC(=O)C3C(=O)O)c1. The Morgan fingerprint density at radius 2 is 2.23 bits per heavy atom. The number of aliphatic carboxylic acids is 1. The zero-order valence-electron chi connectivity index (χ0n) is 12.3. The van der Waals surface area contributed by atoms with E-state index >= 15 is 0 Å². The number of rotatable bonds is 4. The molecule has 0 aliphatic carbocycles. The molecular weight excluding hydrogens is 298 g/mol. The third-order valence-electron chi connectivity index (χ3n) is 3.90. The van der Waals surface area contributed by atoms with Crippen molar-refractivity contribution in [3.8, 4) is 0 Å². The van der Waals surface area contributed by atoms with Crippen molar-refractivity contribution in [3.63, 3.8) is 0 Å². The van der Waals surface area contributed by atoms with Crippen molar-refractivity contribution in [2.75, 3.05) is 6.54 Å². The summed E-state index contributed by atoms with van der Waals surface area (Å²) in [7, 11) is 0. The van der Waals surface area contributed by atoms with Crippen molar-refractivity contribution in [2.24, 2.45) is 0 Å². The van der Waals surface area contributed by atoms with E-state index in [0.717, 1.165) is 29.6 Å². The fraction of sp³-hybridized carbons (Fsp3) is 0.294. The fourth-order valence-corrected chi connectivity index (χ4v) is 3.83. The van der Waals surface area contributed by atoms with Gasteiger partial charge in [0.1, 0.15) is 0 Å². The van der Waals surface area contributed by atoms with Gasteiger partial charge in [-0.15, -0.1) is 0 Å². The predicted octanol–water partition coefficient (Wildman–Crippen LogP) is 2.74. The van der Waals surface area contributed by atoms with Crippen molar-refractivity contribution in [3.05, 3.63) is 58.1 Å². The van der Waals surface area contributed by atoms with Gasteiger partial charge in [0.15, 0.2) is 6.04 Å². The van der Waals surface area contributed by atoms with E-state index in [1.54, 1.807) is 4.90 Å². The monoisotopic (exact) mass is 315 g/mol. The molecule has 0 radical (unpaired) electrons. The number of allylic oxidation sites excluding steroid dienone is 2. The molecule has 1 aromatic carbocycles. The Morgan fingerprint density at radius 3 is 2.95 bits per heavy atom. The highest BCUT2D eigenvalue weighted by Crippen LogP contribution is 2.37. The predicted molar refractivity (Wildman–Crippen MR) is 86.4 cm³/mol. The minimum Gasteiger partial charge on any atom is -0.479 e. The first-order chi connectivity index (χ1) is 10.5. The van der Waals surface area contributed by atoms with E-state index in [2.05, 4.69) is 31.2 Å². The summed E-state index contributed by atoms with van der Waals surface area (Å²) >= 11 is 1.04. The maximum atomic E-state index is 11.8. The molecule has 0 amide bonds. The molecule has 0 saturated carbocycles. The molecule has 22 heavy (non-hydrogen) atoms. The van der Waals surface area contributed by atoms with E-state index in [4.69, 9.17) is 5.11 Å². The summed E-state index contributed by atoms with van der Waals surface area (Å²) in [5.74, 6) is -1.07. The van der Waals surface area contributed by atoms with Gasteiger partial charge in [-0.25, -0.2) is 4.79 Å². The van der Waals surface area contributed by atoms with Gasteiger partial charge in [0, 0.05) is 6.54 Å². The van der Waals surface area contributed by atoms with Crippen molar-refractivity contribution in [1.29, 1.82) is 0 Å². The Labute approximate surface area is 133 Å². The topological polar surface area (TPSA) is 57.6 Å². The first-order valence-electron chi connectivity index (χ1n) is 7.22. The normalized spacial score (nSPS) is 20.5. The summed E-state index contributed by atoms with van der Waals surface area (Å²) in [6.07, 6.45) is 5.81. The Bertz CT molecular complexity index is 693. The highest BCUT2D eigenvalue weighted by molar-refractivity contribution is 8.17. The summed E-state index contributed by atoms with van der Waals surface area (Å²) in [4.78, 5) is 24.6. The van der Waals surface area contributed by atoms with Gasteiger partial charge in [0.05, 0.1) is 5.03 Å². The molecule has 1 aromatic rings. The number of carboxylic acid groups (broad SMARTS) is 1. The Balaban J connectivity index is 1.68. The number of hydrogen-bond acceptors (Lipinski definition) is 4. The summed E-state index contributed by atoms with van der Waals surface area (Å²) in [6, 6.07) is 7.39. The van der Waals surface area contributed by atoms with E-state index in [-0.39, 0.29) is 5.12 Å². The minimum atomic E-state index is -1.07. The third-order valence-corrected chi connectivity index (χ3v) is 4.89. The maximum absolute atomic E-state index is 11.8. The van der Waals surface area contributed by atoms with Crippen LogP contribution < -0.4 is 0 Å². The van der Waals surface area contributed by atoms with Gasteiger partial charge >= 0.3 is 5.97 Å². The number of fused-ring (bicyclic) bond motifs is 1. The molecule has 1 unspecified atom stereocenters. The molecule has 2 heterocycles. The maximum Gasteiger partial charge on any atom is 0.335 e. The van der Waals surface area contributed by atoms with Gasteiger partial charge in [0.25, 0.3) is 0 Å². The highest BCUT2D eigenvalue weighted by atomic mass is 32.2. The van der Waals surface area contributed by atoms with Gasteiger partial charge in [-0.2, -0.15) is 0 Å². The molecule has 3 rings (SSSR count). The molecular formula is C17H17NO3S. The van der Waals surface area contributed by atoms with E-state index in [1.165, 1.54) is 16.7 Å². The summed E-state index contributed by atoms with van der Waals surface area (Å²) < 4.78 is 0. The van der Waals surface area contributed by atoms with Crippen molar-refractivity contribution in [2.45, 2.75) is 25.8 Å². The number of nitrogens with zero attached hydrogens (tertiary/aromatic N) is 1. The molecule has 114 valence electrons. The lowest BCUT2D eigenvalue weighted by Gasteiger charge is -2.25. The minimum absolute atomic E-state index is 0.299. The largest absolute Gasteiger partial charge is 0.479 e. The number of benzene rings is 1. The summed E-state index contributed by atoms with van der Waals surface area (Å²) in [5.41, 5.74) is 3.71. The van der Waals surface area contributed by atoms with Gasteiger partial charge in [-0.3, -0.25) is 4.79 Å². The lowest BCUT2D eigenvalue weighted by Crippen LogP contribution is -2.40. The van der Waals surface area contributed by atoms with Crippen LogP contribution in [-0.2, 0) is 16.0 Å². The van der Waals surface area contributed by atoms with Crippen LogP contribution in [0.3, 0.4) is 0 Å². The zero-order valence-corrected chi connectivity index (χ0v) is 13.1. The standard InChI is InChI=1S/C17H17NO3S/c1-11-3-2-4-12(9-11)5-6-13-7-8-18-14(10-13)22-17(21)15(18)16(19)20/h2-4,7,9-10,15H,5-6,8H2,1H3,(H,19,20). The lowest BCUT2D eigenvalue weighted by molar-refractivity contribution is -0.144. The van der Waals surface area contributed by atoms with E-state index in [1.807, 2.05) is 12.2 Å². The Hall–Kier alpha value is -2.01. The smallest absolute Gasteiger partial charge is 0.335 e. The second-order valence-corrected chi connectivity index (χ2v) is 6.59. The number of aryl methyl sites for hydroxylation is 2. The van der Waals surface area contributed by atoms with Crippen molar-refractivity contribution >= 4 is 22.8 Å². The van der Waals surface area contributed by atoms with E-state index in [0.29, 0.717) is 6.54 Å². The second kappa shape index (κ2) is 6.01. The Kier molecular flexibility index (Phi) is 4.07. The lowest BCUT2D eigenvalue weighted by atomic mass is 10.0. The summed E-state index contributed by atoms with van der Waals surface area (Å²) in [6.45, 7) is 2.57. The van der Waals surface area contributed by atoms with Crippen LogP contribution >= 0.6 is 11.8 Å². The van der Waals surface area contributed by atoms with E-state index in [9.17, 15) is 9.59 Å². The third kappa shape index (κ3) is 2.95. The Morgan fingerprint density at radius 1 is 1.41 bits per heavy atom. The molecule has 2 aliphatic rings. The number of carboxylic acids is 1. The van der Waals surface area contributed by atoms with Crippen LogP contribution in [0.2, 0.25) is 0 Å². The highest BCUT2D eigenvalue weighted by Gasteiger charge is 2.42. The van der Waals surface area contributed by atoms with Gasteiger partial charge in [-0.05, 0) is 48.7 Å². The van der Waals surface area contributed by atoms with Gasteiger partial charge in [0.2, 0.25) is 5.12 Å². The molecule has 0 bridgehead atoms. The molecule has 2 aliphatic heterocycles. The molecule has 1 saturated heterocycles. The van der Waals surface area contributed by atoms with Crippen molar-refractivity contribution in [1.82, 2.24) is 4.90 Å². The van der Waals surface area contributed by atoms with Crippen LogP contribution in [0.15, 0.2) is 47.0 Å². The number of thioether (sulfide) groups is 1. The zero-order chi connectivity index (χ0) is 15.7. The van der Waals surface area contributed by atoms with Crippen LogP contribution in [0.4, 0.5) is 0 Å². The molecule has 0 aromatic heterocycles. The van der Waals surface area contributed by atoms with Crippen molar-refractivity contribution < 1.29 is 14.7 Å². The molecule has 1 fully saturated rings. The molecule has 1 atom stereocenters. The first-order valence-corrected chi connectivity index (χ1v) is 8.03. The van der Waals surface area contributed by atoms with Gasteiger partial charge < -0.3 is 10.0 Å². The number of carbonyl (C=O) groups is 2. The molecule has 0 spiro atoms. The van der Waals surface area contributed by atoms with E-state index < -0.39 is 12.0 Å². The van der Waals surface area contributed by atoms with Crippen LogP contribution in [0.5, 0.6) is 0 Å². The first kappa shape index (κ1) is 14.9. The van der Waals surface area contributed by atoms with Crippen LogP contribution in [0.1, 0.15) is 17.5 Å². The molecule has 4 nitrogen and oxygen atoms in total. The average molecular weight is 315 g/mol. The summed E-state index contributed by atoms with van der Waals surface area (Å²) in [5, 5.41) is 9.61. The molecule has 5 heteroatoms. The second-order valence-electron chi connectivity index (χ2n) is 5.56. The van der Waals surface area contributed by atoms with Gasteiger partial charge in [-0.1, -0.05) is 35.9 Å². The van der Waals surface area contributed by atoms with Crippen LogP contribution in [0, 0.1) is 6.92 Å². The van der Waals surface area contributed by atoms with Crippen LogP contribution in [-0.4, -0.2) is 33.7 Å².